The molecule has 0 heterocycles. The fraction of sp³-hybridized carbons (Fsp3) is 0.440. The number of hydrogen-bond acceptors (Lipinski definition) is 5. The van der Waals surface area contributed by atoms with E-state index in [1.54, 1.807) is 14.2 Å². The summed E-state index contributed by atoms with van der Waals surface area (Å²) in [5.41, 5.74) is 4.13. The number of aldehydes is 1. The first-order valence-corrected chi connectivity index (χ1v) is 10.2. The molecule has 0 bridgehead atoms. The number of benzene rings is 2. The quantitative estimate of drug-likeness (QED) is 0.429. The van der Waals surface area contributed by atoms with Crippen LogP contribution in [-0.2, 0) is 14.3 Å². The van der Waals surface area contributed by atoms with Gasteiger partial charge in [-0.3, -0.25) is 4.79 Å². The Labute approximate surface area is 180 Å². The van der Waals surface area contributed by atoms with Crippen LogP contribution in [0.2, 0.25) is 0 Å². The molecule has 0 saturated heterocycles. The Kier molecular flexibility index (Phi) is 10.7. The molecule has 5 nitrogen and oxygen atoms in total. The maximum atomic E-state index is 11.6. The highest BCUT2D eigenvalue weighted by Crippen LogP contribution is 2.27. The van der Waals surface area contributed by atoms with Gasteiger partial charge in [0.2, 0.25) is 0 Å². The first-order chi connectivity index (χ1) is 14.4. The summed E-state index contributed by atoms with van der Waals surface area (Å²) in [5, 5.41) is 0. The molecular weight excluding hydrogens is 380 g/mol. The molecule has 0 aliphatic carbocycles. The van der Waals surface area contributed by atoms with E-state index in [9.17, 15) is 9.59 Å². The lowest BCUT2D eigenvalue weighted by atomic mass is 9.95. The van der Waals surface area contributed by atoms with E-state index in [2.05, 4.69) is 0 Å². The van der Waals surface area contributed by atoms with Gasteiger partial charge in [0.25, 0.3) is 0 Å². The molecule has 2 unspecified atom stereocenters. The number of hydrogen-bond donors (Lipinski definition) is 0. The Balaban J connectivity index is 0.000000303. The van der Waals surface area contributed by atoms with Crippen LogP contribution in [0.4, 0.5) is 0 Å². The van der Waals surface area contributed by atoms with Crippen molar-refractivity contribution in [3.63, 3.8) is 0 Å². The highest BCUT2D eigenvalue weighted by molar-refractivity contribution is 5.78. The minimum absolute atomic E-state index is 0.00972. The van der Waals surface area contributed by atoms with Crippen LogP contribution in [0, 0.1) is 13.8 Å². The van der Waals surface area contributed by atoms with Crippen molar-refractivity contribution in [2.75, 3.05) is 21.3 Å². The first-order valence-electron chi connectivity index (χ1n) is 10.2. The second-order valence-electron chi connectivity index (χ2n) is 7.09. The molecule has 0 spiro atoms. The normalized spacial score (nSPS) is 12.1. The topological polar surface area (TPSA) is 61.8 Å². The van der Waals surface area contributed by atoms with Crippen LogP contribution in [0.3, 0.4) is 0 Å². The molecule has 0 radical (unpaired) electrons. The molecule has 2 atom stereocenters. The summed E-state index contributed by atoms with van der Waals surface area (Å²) in [6.45, 7) is 7.94. The molecule has 30 heavy (non-hydrogen) atoms. The fourth-order valence-electron chi connectivity index (χ4n) is 3.21. The van der Waals surface area contributed by atoms with Crippen LogP contribution in [0.1, 0.15) is 60.8 Å². The molecule has 0 aromatic heterocycles. The Morgan fingerprint density at radius 2 is 1.37 bits per heavy atom. The molecule has 2 aromatic rings. The van der Waals surface area contributed by atoms with Gasteiger partial charge in [-0.2, -0.15) is 0 Å². The van der Waals surface area contributed by atoms with Crippen LogP contribution < -0.4 is 9.47 Å². The summed E-state index contributed by atoms with van der Waals surface area (Å²) >= 11 is 0. The number of carbonyl (C=O) groups excluding carboxylic acids is 2. The number of ether oxygens (including phenoxy) is 3. The lowest BCUT2D eigenvalue weighted by Gasteiger charge is -2.14. The zero-order valence-electron chi connectivity index (χ0n) is 19.2. The second kappa shape index (κ2) is 12.7. The maximum absolute atomic E-state index is 11.6. The lowest BCUT2D eigenvalue weighted by Crippen LogP contribution is -2.13. The molecule has 5 heteroatoms. The van der Waals surface area contributed by atoms with Gasteiger partial charge in [-0.05, 0) is 61.1 Å². The van der Waals surface area contributed by atoms with Gasteiger partial charge < -0.3 is 19.0 Å². The minimum Gasteiger partial charge on any atom is -0.496 e. The molecule has 0 N–H and O–H groups in total. The van der Waals surface area contributed by atoms with Crippen LogP contribution in [0.5, 0.6) is 11.5 Å². The van der Waals surface area contributed by atoms with Gasteiger partial charge in [-0.15, -0.1) is 0 Å². The van der Waals surface area contributed by atoms with E-state index < -0.39 is 0 Å². The summed E-state index contributed by atoms with van der Waals surface area (Å²) in [5.74, 6) is 1.24. The summed E-state index contributed by atoms with van der Waals surface area (Å²) in [4.78, 5) is 22.3. The van der Waals surface area contributed by atoms with E-state index in [4.69, 9.17) is 14.2 Å². The summed E-state index contributed by atoms with van der Waals surface area (Å²) in [6.07, 6.45) is 2.54. The molecule has 0 fully saturated rings. The van der Waals surface area contributed by atoms with E-state index in [0.717, 1.165) is 52.9 Å². The molecule has 0 saturated carbocycles. The third-order valence-electron chi connectivity index (χ3n) is 5.19. The number of aryl methyl sites for hydroxylation is 2. The average molecular weight is 415 g/mol. The van der Waals surface area contributed by atoms with E-state index in [0.29, 0.717) is 0 Å². The van der Waals surface area contributed by atoms with Crippen LogP contribution in [0.25, 0.3) is 0 Å². The molecule has 0 amide bonds. The Morgan fingerprint density at radius 3 is 1.77 bits per heavy atom. The lowest BCUT2D eigenvalue weighted by molar-refractivity contribution is -0.142. The summed E-state index contributed by atoms with van der Waals surface area (Å²) in [7, 11) is 4.69. The van der Waals surface area contributed by atoms with Gasteiger partial charge in [0.05, 0.1) is 27.2 Å². The molecule has 2 aromatic carbocycles. The number of rotatable bonds is 8. The number of esters is 1. The van der Waals surface area contributed by atoms with Crippen molar-refractivity contribution in [2.45, 2.75) is 52.4 Å². The van der Waals surface area contributed by atoms with Gasteiger partial charge in [0.1, 0.15) is 17.8 Å². The molecule has 164 valence electrons. The SMILES string of the molecule is CCC(C(=O)OC)c1ccc(C)c(OC)c1.CCC(C=O)c1ccc(C)c(OC)c1. The minimum atomic E-state index is -0.209. The van der Waals surface area contributed by atoms with Crippen LogP contribution in [-0.4, -0.2) is 33.6 Å². The van der Waals surface area contributed by atoms with Crippen molar-refractivity contribution < 1.29 is 23.8 Å². The van der Waals surface area contributed by atoms with Crippen LogP contribution >= 0.6 is 0 Å². The predicted octanol–water partition coefficient (Wildman–Crippen LogP) is 5.37. The van der Waals surface area contributed by atoms with Gasteiger partial charge in [0, 0.05) is 5.92 Å². The Bertz CT molecular complexity index is 828. The monoisotopic (exact) mass is 414 g/mol. The van der Waals surface area contributed by atoms with Gasteiger partial charge >= 0.3 is 5.97 Å². The van der Waals surface area contributed by atoms with Crippen molar-refractivity contribution in [1.82, 2.24) is 0 Å². The third kappa shape index (κ3) is 6.61. The standard InChI is InChI=1S/C13H18O3.C12H16O2/c1-5-11(13(14)16-4)10-7-6-9(2)12(8-10)15-3;1-4-10(8-13)11-6-5-9(2)12(7-11)14-3/h6-8,11H,5H2,1-4H3;5-8,10H,4H2,1-3H3. The number of carbonyl (C=O) groups is 2. The van der Waals surface area contributed by atoms with E-state index in [1.165, 1.54) is 7.11 Å². The largest absolute Gasteiger partial charge is 0.496 e. The zero-order chi connectivity index (χ0) is 22.7. The van der Waals surface area contributed by atoms with Crippen molar-refractivity contribution in [3.05, 3.63) is 58.7 Å². The Morgan fingerprint density at radius 1 is 0.867 bits per heavy atom. The summed E-state index contributed by atoms with van der Waals surface area (Å²) in [6, 6.07) is 11.7. The summed E-state index contributed by atoms with van der Waals surface area (Å²) < 4.78 is 15.2. The van der Waals surface area contributed by atoms with E-state index in [-0.39, 0.29) is 17.8 Å². The van der Waals surface area contributed by atoms with Crippen molar-refractivity contribution in [2.24, 2.45) is 0 Å². The zero-order valence-corrected chi connectivity index (χ0v) is 19.2. The van der Waals surface area contributed by atoms with Crippen LogP contribution in [0.15, 0.2) is 36.4 Å². The maximum Gasteiger partial charge on any atom is 0.313 e. The van der Waals surface area contributed by atoms with Gasteiger partial charge in [-0.1, -0.05) is 38.1 Å². The third-order valence-corrected chi connectivity index (χ3v) is 5.19. The van der Waals surface area contributed by atoms with E-state index >= 15 is 0 Å². The Hall–Kier alpha value is -2.82. The second-order valence-corrected chi connectivity index (χ2v) is 7.09. The highest BCUT2D eigenvalue weighted by Gasteiger charge is 2.20. The number of methoxy groups -OCH3 is 3. The predicted molar refractivity (Wildman–Crippen MR) is 120 cm³/mol. The molecule has 0 aliphatic rings. The smallest absolute Gasteiger partial charge is 0.313 e. The molecular formula is C25H34O5. The van der Waals surface area contributed by atoms with Crippen molar-refractivity contribution in [1.29, 1.82) is 0 Å². The van der Waals surface area contributed by atoms with Gasteiger partial charge in [-0.25, -0.2) is 0 Å². The average Bonchev–Trinajstić information content (AvgIpc) is 2.77. The molecule has 2 rings (SSSR count). The van der Waals surface area contributed by atoms with Crippen molar-refractivity contribution in [3.8, 4) is 11.5 Å². The van der Waals surface area contributed by atoms with Crippen molar-refractivity contribution >= 4 is 12.3 Å². The van der Waals surface area contributed by atoms with Gasteiger partial charge in [0.15, 0.2) is 0 Å². The fourth-order valence-corrected chi connectivity index (χ4v) is 3.21. The highest BCUT2D eigenvalue weighted by atomic mass is 16.5. The first kappa shape index (κ1) is 25.2. The van der Waals surface area contributed by atoms with E-state index in [1.807, 2.05) is 64.1 Å². The molecule has 0 aliphatic heterocycles.